The number of amides is 1. The van der Waals surface area contributed by atoms with Crippen molar-refractivity contribution in [3.63, 3.8) is 0 Å². The zero-order valence-electron chi connectivity index (χ0n) is 12.4. The molecule has 3 aliphatic rings. The Balaban J connectivity index is 1.39. The van der Waals surface area contributed by atoms with E-state index in [4.69, 9.17) is 9.57 Å². The van der Waals surface area contributed by atoms with Crippen LogP contribution in [-0.2, 0) is 14.4 Å². The van der Waals surface area contributed by atoms with Gasteiger partial charge in [-0.05, 0) is 13.1 Å². The van der Waals surface area contributed by atoms with Gasteiger partial charge in [-0.1, -0.05) is 5.16 Å². The van der Waals surface area contributed by atoms with Crippen molar-refractivity contribution in [1.82, 2.24) is 15.5 Å². The third-order valence-corrected chi connectivity index (χ3v) is 4.43. The van der Waals surface area contributed by atoms with E-state index in [2.05, 4.69) is 20.7 Å². The van der Waals surface area contributed by atoms with Gasteiger partial charge in [-0.15, -0.1) is 0 Å². The van der Waals surface area contributed by atoms with Crippen molar-refractivity contribution in [2.75, 3.05) is 52.5 Å². The minimum Gasteiger partial charge on any atom is -0.388 e. The normalized spacial score (nSPS) is 25.4. The highest BCUT2D eigenvalue weighted by molar-refractivity contribution is 6.39. The van der Waals surface area contributed by atoms with Gasteiger partial charge in [0, 0.05) is 45.4 Å². The fourth-order valence-corrected chi connectivity index (χ4v) is 3.05. The molecule has 0 aromatic carbocycles. The summed E-state index contributed by atoms with van der Waals surface area (Å²) in [7, 11) is 0. The topological polar surface area (TPSA) is 75.2 Å². The lowest BCUT2D eigenvalue weighted by molar-refractivity contribution is -0.115. The Kier molecular flexibility index (Phi) is 4.72. The van der Waals surface area contributed by atoms with Gasteiger partial charge in [-0.2, -0.15) is 0 Å². The average Bonchev–Trinajstić information content (AvgIpc) is 2.93. The third kappa shape index (κ3) is 3.72. The number of morpholine rings is 1. The Bertz CT molecular complexity index is 401. The zero-order valence-corrected chi connectivity index (χ0v) is 12.4. The highest BCUT2D eigenvalue weighted by Crippen LogP contribution is 2.32. The van der Waals surface area contributed by atoms with Crippen molar-refractivity contribution in [3.05, 3.63) is 0 Å². The van der Waals surface area contributed by atoms with E-state index in [0.29, 0.717) is 18.7 Å². The first kappa shape index (κ1) is 14.7. The minimum absolute atomic E-state index is 0.0846. The number of rotatable bonds is 4. The smallest absolute Gasteiger partial charge is 0.269 e. The summed E-state index contributed by atoms with van der Waals surface area (Å²) in [6, 6.07) is 0. The molecule has 1 amide bonds. The number of nitrogens with one attached hydrogen (secondary N) is 2. The van der Waals surface area contributed by atoms with Crippen LogP contribution in [-0.4, -0.2) is 74.6 Å². The van der Waals surface area contributed by atoms with Gasteiger partial charge in [-0.3, -0.25) is 9.69 Å². The Hall–Kier alpha value is -1.18. The lowest BCUT2D eigenvalue weighted by Crippen LogP contribution is -2.44. The monoisotopic (exact) mass is 296 g/mol. The van der Waals surface area contributed by atoms with Crippen LogP contribution in [0.3, 0.4) is 0 Å². The molecule has 1 spiro atoms. The van der Waals surface area contributed by atoms with Crippen molar-refractivity contribution < 1.29 is 14.4 Å². The molecule has 7 nitrogen and oxygen atoms in total. The summed E-state index contributed by atoms with van der Waals surface area (Å²) in [6.07, 6.45) is 2.47. The molecule has 0 aliphatic carbocycles. The second kappa shape index (κ2) is 6.72. The van der Waals surface area contributed by atoms with Gasteiger partial charge in [0.25, 0.3) is 5.91 Å². The van der Waals surface area contributed by atoms with Crippen molar-refractivity contribution >= 4 is 11.6 Å². The Morgan fingerprint density at radius 2 is 2.10 bits per heavy atom. The number of carbonyl (C=O) groups is 1. The molecule has 7 heteroatoms. The van der Waals surface area contributed by atoms with Crippen LogP contribution in [0.5, 0.6) is 0 Å². The standard InChI is InChI=1S/C14H24N4O3/c19-13(16-5-6-18-7-9-20-10-8-18)12-11-14(21-17-12)1-3-15-4-2-14/h15H,1-11H2,(H,16,19). The molecule has 118 valence electrons. The van der Waals surface area contributed by atoms with E-state index in [-0.39, 0.29) is 11.5 Å². The summed E-state index contributed by atoms with van der Waals surface area (Å²) < 4.78 is 5.30. The van der Waals surface area contributed by atoms with Crippen molar-refractivity contribution in [2.24, 2.45) is 5.16 Å². The maximum Gasteiger partial charge on any atom is 0.269 e. The maximum atomic E-state index is 12.1. The molecule has 0 bridgehead atoms. The fourth-order valence-electron chi connectivity index (χ4n) is 3.05. The van der Waals surface area contributed by atoms with Crippen molar-refractivity contribution in [3.8, 4) is 0 Å². The van der Waals surface area contributed by atoms with Gasteiger partial charge in [0.1, 0.15) is 11.3 Å². The van der Waals surface area contributed by atoms with Crippen LogP contribution in [0.2, 0.25) is 0 Å². The second-order valence-corrected chi connectivity index (χ2v) is 5.95. The first-order chi connectivity index (χ1) is 10.3. The van der Waals surface area contributed by atoms with Gasteiger partial charge < -0.3 is 20.2 Å². The van der Waals surface area contributed by atoms with Crippen LogP contribution in [0.15, 0.2) is 5.16 Å². The highest BCUT2D eigenvalue weighted by atomic mass is 16.7. The van der Waals surface area contributed by atoms with Crippen LogP contribution in [0.1, 0.15) is 19.3 Å². The second-order valence-electron chi connectivity index (χ2n) is 5.95. The first-order valence-corrected chi connectivity index (χ1v) is 7.82. The number of ether oxygens (including phenoxy) is 1. The molecule has 3 rings (SSSR count). The molecule has 2 saturated heterocycles. The summed E-state index contributed by atoms with van der Waals surface area (Å²) in [5.41, 5.74) is 0.307. The van der Waals surface area contributed by atoms with Crippen LogP contribution in [0, 0.1) is 0 Å². The van der Waals surface area contributed by atoms with Crippen LogP contribution < -0.4 is 10.6 Å². The fraction of sp³-hybridized carbons (Fsp3) is 0.857. The van der Waals surface area contributed by atoms with E-state index in [0.717, 1.165) is 58.8 Å². The van der Waals surface area contributed by atoms with Crippen LogP contribution in [0.4, 0.5) is 0 Å². The molecule has 0 saturated carbocycles. The zero-order chi connectivity index (χ0) is 14.5. The van der Waals surface area contributed by atoms with E-state index in [9.17, 15) is 4.79 Å². The number of hydrogen-bond acceptors (Lipinski definition) is 6. The van der Waals surface area contributed by atoms with Gasteiger partial charge in [0.05, 0.1) is 13.2 Å². The summed E-state index contributed by atoms with van der Waals surface area (Å²) in [4.78, 5) is 20.0. The van der Waals surface area contributed by atoms with E-state index in [1.165, 1.54) is 0 Å². The van der Waals surface area contributed by atoms with Gasteiger partial charge in [0.15, 0.2) is 0 Å². The molecule has 3 heterocycles. The highest BCUT2D eigenvalue weighted by Gasteiger charge is 2.41. The molecule has 0 unspecified atom stereocenters. The Labute approximate surface area is 125 Å². The molecule has 0 atom stereocenters. The molecule has 0 aromatic rings. The Morgan fingerprint density at radius 1 is 1.33 bits per heavy atom. The quantitative estimate of drug-likeness (QED) is 0.720. The first-order valence-electron chi connectivity index (χ1n) is 7.82. The van der Waals surface area contributed by atoms with Gasteiger partial charge >= 0.3 is 0 Å². The number of carbonyl (C=O) groups excluding carboxylic acids is 1. The Morgan fingerprint density at radius 3 is 2.86 bits per heavy atom. The molecule has 21 heavy (non-hydrogen) atoms. The SMILES string of the molecule is O=C(NCCN1CCOCC1)C1=NOC2(CCNCC2)C1. The predicted octanol–water partition coefficient (Wildman–Crippen LogP) is -0.667. The molecule has 3 aliphatic heterocycles. The number of piperidine rings is 1. The van der Waals surface area contributed by atoms with E-state index in [1.807, 2.05) is 0 Å². The van der Waals surface area contributed by atoms with E-state index < -0.39 is 0 Å². The van der Waals surface area contributed by atoms with Crippen molar-refractivity contribution in [1.29, 1.82) is 0 Å². The van der Waals surface area contributed by atoms with Crippen molar-refractivity contribution in [2.45, 2.75) is 24.9 Å². The molecule has 2 N–H and O–H groups in total. The summed E-state index contributed by atoms with van der Waals surface area (Å²) in [5, 5.41) is 10.3. The van der Waals surface area contributed by atoms with E-state index >= 15 is 0 Å². The van der Waals surface area contributed by atoms with E-state index in [1.54, 1.807) is 0 Å². The average molecular weight is 296 g/mol. The molecule has 2 fully saturated rings. The third-order valence-electron chi connectivity index (χ3n) is 4.43. The maximum absolute atomic E-state index is 12.1. The summed E-state index contributed by atoms with van der Waals surface area (Å²) >= 11 is 0. The largest absolute Gasteiger partial charge is 0.388 e. The molecular weight excluding hydrogens is 272 g/mol. The molecular formula is C14H24N4O3. The number of oxime groups is 1. The lowest BCUT2D eigenvalue weighted by atomic mass is 9.87. The molecule has 0 radical (unpaired) electrons. The van der Waals surface area contributed by atoms with Crippen LogP contribution >= 0.6 is 0 Å². The predicted molar refractivity (Wildman–Crippen MR) is 78.2 cm³/mol. The number of nitrogens with zero attached hydrogens (tertiary/aromatic N) is 2. The molecule has 0 aromatic heterocycles. The van der Waals surface area contributed by atoms with Gasteiger partial charge in [-0.25, -0.2) is 0 Å². The lowest BCUT2D eigenvalue weighted by Gasteiger charge is -2.30. The summed E-state index contributed by atoms with van der Waals surface area (Å²) in [6.45, 7) is 6.82. The van der Waals surface area contributed by atoms with Gasteiger partial charge in [0.2, 0.25) is 0 Å². The van der Waals surface area contributed by atoms with Crippen LogP contribution in [0.25, 0.3) is 0 Å². The minimum atomic E-state index is -0.234. The summed E-state index contributed by atoms with van der Waals surface area (Å²) in [5.74, 6) is -0.0846. The number of hydrogen-bond donors (Lipinski definition) is 2.